The fraction of sp³-hybridized carbons (Fsp3) is 0.214. The molecule has 2 rings (SSSR count). The molecule has 0 amide bonds. The standard InChI is InChI=1S/C14H14BrNO4/c1-8(12-5-6-13(20-12)14(17)18)16-11-7-9(19-2)3-4-10(11)15/h3-8,16H,1-2H3,(H,17,18). The van der Waals surface area contributed by atoms with E-state index in [1.54, 1.807) is 13.2 Å². The van der Waals surface area contributed by atoms with Gasteiger partial charge in [-0.1, -0.05) is 0 Å². The zero-order valence-corrected chi connectivity index (χ0v) is 12.6. The first-order chi connectivity index (χ1) is 9.51. The minimum absolute atomic E-state index is 0.0710. The number of anilines is 1. The summed E-state index contributed by atoms with van der Waals surface area (Å²) >= 11 is 3.45. The zero-order chi connectivity index (χ0) is 14.7. The Morgan fingerprint density at radius 2 is 2.15 bits per heavy atom. The van der Waals surface area contributed by atoms with E-state index in [2.05, 4.69) is 21.2 Å². The second kappa shape index (κ2) is 6.00. The summed E-state index contributed by atoms with van der Waals surface area (Å²) in [6.45, 7) is 1.89. The van der Waals surface area contributed by atoms with Crippen LogP contribution in [0.1, 0.15) is 29.3 Å². The molecule has 1 atom stereocenters. The third-order valence-electron chi connectivity index (χ3n) is 2.81. The molecule has 1 unspecified atom stereocenters. The summed E-state index contributed by atoms with van der Waals surface area (Å²) in [6.07, 6.45) is 0. The number of rotatable bonds is 5. The predicted molar refractivity (Wildman–Crippen MR) is 78.4 cm³/mol. The number of hydrogen-bond acceptors (Lipinski definition) is 4. The van der Waals surface area contributed by atoms with Gasteiger partial charge in [-0.2, -0.15) is 0 Å². The van der Waals surface area contributed by atoms with Crippen molar-refractivity contribution in [1.82, 2.24) is 0 Å². The number of aromatic carboxylic acids is 1. The van der Waals surface area contributed by atoms with Crippen LogP contribution in [-0.4, -0.2) is 18.2 Å². The third-order valence-corrected chi connectivity index (χ3v) is 3.50. The van der Waals surface area contributed by atoms with Gasteiger partial charge in [-0.3, -0.25) is 0 Å². The molecule has 2 aromatic rings. The molecular weight excluding hydrogens is 326 g/mol. The lowest BCUT2D eigenvalue weighted by Gasteiger charge is -2.15. The van der Waals surface area contributed by atoms with Crippen molar-refractivity contribution in [1.29, 1.82) is 0 Å². The van der Waals surface area contributed by atoms with E-state index in [-0.39, 0.29) is 11.8 Å². The molecule has 0 aliphatic rings. The van der Waals surface area contributed by atoms with Gasteiger partial charge in [-0.05, 0) is 47.1 Å². The van der Waals surface area contributed by atoms with Crippen molar-refractivity contribution in [3.05, 3.63) is 46.3 Å². The molecule has 0 saturated carbocycles. The van der Waals surface area contributed by atoms with E-state index >= 15 is 0 Å². The molecule has 0 radical (unpaired) electrons. The summed E-state index contributed by atoms with van der Waals surface area (Å²) in [5, 5.41) is 12.1. The van der Waals surface area contributed by atoms with Gasteiger partial charge in [0.1, 0.15) is 11.5 Å². The van der Waals surface area contributed by atoms with Gasteiger partial charge in [0, 0.05) is 10.5 Å². The Labute approximate surface area is 124 Å². The molecule has 2 N–H and O–H groups in total. The van der Waals surface area contributed by atoms with E-state index in [0.29, 0.717) is 5.76 Å². The van der Waals surface area contributed by atoms with Crippen LogP contribution in [0.15, 0.2) is 39.2 Å². The number of methoxy groups -OCH3 is 1. The Morgan fingerprint density at radius 1 is 1.40 bits per heavy atom. The SMILES string of the molecule is COc1ccc(Br)c(NC(C)c2ccc(C(=O)O)o2)c1. The Morgan fingerprint density at radius 3 is 2.75 bits per heavy atom. The molecule has 1 aromatic heterocycles. The van der Waals surface area contributed by atoms with Gasteiger partial charge in [-0.15, -0.1) is 0 Å². The first kappa shape index (κ1) is 14.5. The molecule has 0 aliphatic heterocycles. The first-order valence-corrected chi connectivity index (χ1v) is 6.73. The summed E-state index contributed by atoms with van der Waals surface area (Å²) in [7, 11) is 1.60. The zero-order valence-electron chi connectivity index (χ0n) is 11.0. The average molecular weight is 340 g/mol. The molecule has 0 bridgehead atoms. The fourth-order valence-electron chi connectivity index (χ4n) is 1.75. The normalized spacial score (nSPS) is 11.9. The van der Waals surface area contributed by atoms with Crippen LogP contribution in [0.5, 0.6) is 5.75 Å². The number of carboxylic acid groups (broad SMARTS) is 1. The van der Waals surface area contributed by atoms with Crippen LogP contribution in [0.3, 0.4) is 0 Å². The molecule has 5 nitrogen and oxygen atoms in total. The third kappa shape index (κ3) is 3.14. The van der Waals surface area contributed by atoms with Crippen molar-refractivity contribution >= 4 is 27.6 Å². The smallest absolute Gasteiger partial charge is 0.371 e. The van der Waals surface area contributed by atoms with Crippen LogP contribution >= 0.6 is 15.9 Å². The molecule has 0 fully saturated rings. The van der Waals surface area contributed by atoms with Gasteiger partial charge in [0.25, 0.3) is 0 Å². The van der Waals surface area contributed by atoms with Gasteiger partial charge in [-0.25, -0.2) is 4.79 Å². The van der Waals surface area contributed by atoms with Crippen LogP contribution in [0.2, 0.25) is 0 Å². The second-order valence-electron chi connectivity index (χ2n) is 4.22. The van der Waals surface area contributed by atoms with Crippen LogP contribution in [0, 0.1) is 0 Å². The molecule has 1 heterocycles. The van der Waals surface area contributed by atoms with E-state index in [0.717, 1.165) is 15.9 Å². The topological polar surface area (TPSA) is 71.7 Å². The van der Waals surface area contributed by atoms with E-state index in [1.807, 2.05) is 25.1 Å². The summed E-state index contributed by atoms with van der Waals surface area (Å²) in [4.78, 5) is 10.8. The summed E-state index contributed by atoms with van der Waals surface area (Å²) in [5.41, 5.74) is 0.838. The van der Waals surface area contributed by atoms with Crippen LogP contribution in [0.4, 0.5) is 5.69 Å². The highest BCUT2D eigenvalue weighted by atomic mass is 79.9. The lowest BCUT2D eigenvalue weighted by Crippen LogP contribution is -2.06. The van der Waals surface area contributed by atoms with Gasteiger partial charge in [0.05, 0.1) is 18.8 Å². The van der Waals surface area contributed by atoms with Gasteiger partial charge < -0.3 is 19.6 Å². The fourth-order valence-corrected chi connectivity index (χ4v) is 2.11. The molecule has 0 aliphatic carbocycles. The van der Waals surface area contributed by atoms with Crippen molar-refractivity contribution in [2.24, 2.45) is 0 Å². The van der Waals surface area contributed by atoms with E-state index < -0.39 is 5.97 Å². The maximum absolute atomic E-state index is 10.8. The van der Waals surface area contributed by atoms with Gasteiger partial charge in [0.15, 0.2) is 0 Å². The Bertz CT molecular complexity index is 623. The number of benzene rings is 1. The minimum Gasteiger partial charge on any atom is -0.497 e. The van der Waals surface area contributed by atoms with Crippen molar-refractivity contribution in [3.8, 4) is 5.75 Å². The number of furan rings is 1. The quantitative estimate of drug-likeness (QED) is 0.863. The lowest BCUT2D eigenvalue weighted by molar-refractivity contribution is 0.0660. The average Bonchev–Trinajstić information content (AvgIpc) is 2.91. The van der Waals surface area contributed by atoms with Crippen molar-refractivity contribution < 1.29 is 19.1 Å². The minimum atomic E-state index is -1.08. The molecule has 6 heteroatoms. The molecule has 1 aromatic carbocycles. The van der Waals surface area contributed by atoms with Crippen LogP contribution in [-0.2, 0) is 0 Å². The van der Waals surface area contributed by atoms with E-state index in [1.165, 1.54) is 6.07 Å². The van der Waals surface area contributed by atoms with Crippen LogP contribution in [0.25, 0.3) is 0 Å². The predicted octanol–water partition coefficient (Wildman–Crippen LogP) is 3.92. The summed E-state index contributed by atoms with van der Waals surface area (Å²) in [6, 6.07) is 8.48. The van der Waals surface area contributed by atoms with Crippen LogP contribution < -0.4 is 10.1 Å². The van der Waals surface area contributed by atoms with E-state index in [4.69, 9.17) is 14.3 Å². The number of carboxylic acids is 1. The Hall–Kier alpha value is -1.95. The molecule has 106 valence electrons. The second-order valence-corrected chi connectivity index (χ2v) is 5.07. The number of ether oxygens (including phenoxy) is 1. The van der Waals surface area contributed by atoms with E-state index in [9.17, 15) is 4.79 Å². The highest BCUT2D eigenvalue weighted by Gasteiger charge is 2.15. The first-order valence-electron chi connectivity index (χ1n) is 5.94. The number of halogens is 1. The molecule has 0 saturated heterocycles. The Kier molecular flexibility index (Phi) is 4.34. The maximum atomic E-state index is 10.8. The summed E-state index contributed by atoms with van der Waals surface area (Å²) in [5.74, 6) is 0.134. The van der Waals surface area contributed by atoms with Crippen molar-refractivity contribution in [3.63, 3.8) is 0 Å². The van der Waals surface area contributed by atoms with Gasteiger partial charge in [0.2, 0.25) is 5.76 Å². The highest BCUT2D eigenvalue weighted by molar-refractivity contribution is 9.10. The number of hydrogen-bond donors (Lipinski definition) is 2. The lowest BCUT2D eigenvalue weighted by atomic mass is 10.2. The Balaban J connectivity index is 2.18. The number of nitrogens with one attached hydrogen (secondary N) is 1. The largest absolute Gasteiger partial charge is 0.497 e. The molecular formula is C14H14BrNO4. The van der Waals surface area contributed by atoms with Crippen molar-refractivity contribution in [2.75, 3.05) is 12.4 Å². The molecule has 20 heavy (non-hydrogen) atoms. The maximum Gasteiger partial charge on any atom is 0.371 e. The highest BCUT2D eigenvalue weighted by Crippen LogP contribution is 2.30. The van der Waals surface area contributed by atoms with Crippen molar-refractivity contribution in [2.45, 2.75) is 13.0 Å². The summed E-state index contributed by atoms with van der Waals surface area (Å²) < 4.78 is 11.3. The number of carbonyl (C=O) groups is 1. The van der Waals surface area contributed by atoms with Gasteiger partial charge >= 0.3 is 5.97 Å². The monoisotopic (exact) mass is 339 g/mol. The molecule has 0 spiro atoms.